The molecular formula is C19H18N4O4. The summed E-state index contributed by atoms with van der Waals surface area (Å²) in [4.78, 5) is 29.8. The number of hydroxylamine groups is 1. The van der Waals surface area contributed by atoms with Gasteiger partial charge in [-0.3, -0.25) is 14.6 Å². The van der Waals surface area contributed by atoms with Crippen LogP contribution in [0.2, 0.25) is 0 Å². The number of benzene rings is 1. The SMILES string of the molecule is CCOc1ccc(-c2cncc(C(=O)NOCc3ccccc3O)n2)cn1. The van der Waals surface area contributed by atoms with Crippen molar-refractivity contribution >= 4 is 5.91 Å². The van der Waals surface area contributed by atoms with Crippen LogP contribution in [0.5, 0.6) is 11.6 Å². The first-order chi connectivity index (χ1) is 13.2. The Morgan fingerprint density at radius 1 is 1.15 bits per heavy atom. The van der Waals surface area contributed by atoms with Crippen LogP contribution in [0.1, 0.15) is 23.0 Å². The second-order valence-electron chi connectivity index (χ2n) is 5.46. The van der Waals surface area contributed by atoms with Crippen molar-refractivity contribution in [2.75, 3.05) is 6.61 Å². The number of nitrogens with zero attached hydrogens (tertiary/aromatic N) is 3. The lowest BCUT2D eigenvalue weighted by Gasteiger charge is -2.08. The number of aromatic nitrogens is 3. The Balaban J connectivity index is 1.64. The van der Waals surface area contributed by atoms with Gasteiger partial charge in [0.1, 0.15) is 18.1 Å². The highest BCUT2D eigenvalue weighted by molar-refractivity contribution is 5.91. The maximum Gasteiger partial charge on any atom is 0.295 e. The van der Waals surface area contributed by atoms with Gasteiger partial charge in [-0.05, 0) is 19.1 Å². The van der Waals surface area contributed by atoms with Crippen LogP contribution in [-0.4, -0.2) is 32.6 Å². The fourth-order valence-corrected chi connectivity index (χ4v) is 2.24. The molecule has 1 aromatic carbocycles. The van der Waals surface area contributed by atoms with Gasteiger partial charge in [-0.1, -0.05) is 18.2 Å². The van der Waals surface area contributed by atoms with Gasteiger partial charge in [0.2, 0.25) is 5.88 Å². The van der Waals surface area contributed by atoms with E-state index in [0.717, 1.165) is 0 Å². The van der Waals surface area contributed by atoms with E-state index >= 15 is 0 Å². The first kappa shape index (κ1) is 18.3. The molecule has 0 fully saturated rings. The van der Waals surface area contributed by atoms with Crippen molar-refractivity contribution in [2.45, 2.75) is 13.5 Å². The second-order valence-corrected chi connectivity index (χ2v) is 5.46. The number of nitrogens with one attached hydrogen (secondary N) is 1. The number of para-hydroxylation sites is 1. The van der Waals surface area contributed by atoms with Gasteiger partial charge < -0.3 is 9.84 Å². The zero-order chi connectivity index (χ0) is 19.1. The number of hydrogen-bond acceptors (Lipinski definition) is 7. The minimum absolute atomic E-state index is 0.0222. The molecule has 1 amide bonds. The van der Waals surface area contributed by atoms with Crippen LogP contribution in [0.15, 0.2) is 55.0 Å². The van der Waals surface area contributed by atoms with Gasteiger partial charge in [0.25, 0.3) is 5.91 Å². The molecule has 2 aromatic heterocycles. The van der Waals surface area contributed by atoms with Crippen LogP contribution in [0.3, 0.4) is 0 Å². The van der Waals surface area contributed by atoms with Crippen molar-refractivity contribution in [1.29, 1.82) is 0 Å². The predicted octanol–water partition coefficient (Wildman–Crippen LogP) is 2.50. The van der Waals surface area contributed by atoms with Gasteiger partial charge in [0, 0.05) is 23.4 Å². The third-order valence-corrected chi connectivity index (χ3v) is 3.58. The van der Waals surface area contributed by atoms with Gasteiger partial charge in [-0.25, -0.2) is 15.4 Å². The van der Waals surface area contributed by atoms with E-state index in [1.807, 2.05) is 6.92 Å². The molecule has 0 aliphatic heterocycles. The highest BCUT2D eigenvalue weighted by Gasteiger charge is 2.11. The lowest BCUT2D eigenvalue weighted by atomic mass is 10.2. The average molecular weight is 366 g/mol. The minimum atomic E-state index is -0.543. The minimum Gasteiger partial charge on any atom is -0.508 e. The van der Waals surface area contributed by atoms with Crippen molar-refractivity contribution in [3.8, 4) is 22.9 Å². The fourth-order valence-electron chi connectivity index (χ4n) is 2.24. The summed E-state index contributed by atoms with van der Waals surface area (Å²) < 4.78 is 5.30. The summed E-state index contributed by atoms with van der Waals surface area (Å²) in [6.07, 6.45) is 4.48. The van der Waals surface area contributed by atoms with E-state index in [4.69, 9.17) is 9.57 Å². The summed E-state index contributed by atoms with van der Waals surface area (Å²) in [7, 11) is 0. The number of phenolic OH excluding ortho intramolecular Hbond substituents is 1. The van der Waals surface area contributed by atoms with E-state index in [1.54, 1.807) is 42.6 Å². The molecule has 0 atom stereocenters. The highest BCUT2D eigenvalue weighted by atomic mass is 16.6. The van der Waals surface area contributed by atoms with E-state index in [-0.39, 0.29) is 18.1 Å². The van der Waals surface area contributed by atoms with Crippen LogP contribution in [0, 0.1) is 0 Å². The number of carbonyl (C=O) groups is 1. The van der Waals surface area contributed by atoms with Crippen LogP contribution < -0.4 is 10.2 Å². The van der Waals surface area contributed by atoms with E-state index in [1.165, 1.54) is 12.4 Å². The van der Waals surface area contributed by atoms with Crippen LogP contribution in [-0.2, 0) is 11.4 Å². The quantitative estimate of drug-likeness (QED) is 0.619. The van der Waals surface area contributed by atoms with Crippen molar-refractivity contribution in [2.24, 2.45) is 0 Å². The van der Waals surface area contributed by atoms with Crippen LogP contribution in [0.25, 0.3) is 11.3 Å². The highest BCUT2D eigenvalue weighted by Crippen LogP contribution is 2.18. The summed E-state index contributed by atoms with van der Waals surface area (Å²) in [5.41, 5.74) is 4.14. The molecule has 0 aliphatic rings. The molecule has 0 saturated carbocycles. The Hall–Kier alpha value is -3.52. The molecule has 8 heteroatoms. The molecule has 138 valence electrons. The third-order valence-electron chi connectivity index (χ3n) is 3.58. The number of rotatable bonds is 7. The molecule has 0 unspecified atom stereocenters. The first-order valence-electron chi connectivity index (χ1n) is 8.27. The molecule has 0 saturated heterocycles. The standard InChI is InChI=1S/C19H18N4O4/c1-2-26-18-8-7-13(9-21-18)15-10-20-11-16(22-15)19(25)23-27-12-14-5-3-4-6-17(14)24/h3-11,24H,2,12H2,1H3,(H,23,25). The predicted molar refractivity (Wildman–Crippen MR) is 96.8 cm³/mol. The Morgan fingerprint density at radius 2 is 2.00 bits per heavy atom. The molecule has 0 bridgehead atoms. The van der Waals surface area contributed by atoms with Crippen molar-refractivity contribution in [3.63, 3.8) is 0 Å². The normalized spacial score (nSPS) is 10.4. The number of phenols is 1. The zero-order valence-electron chi connectivity index (χ0n) is 14.6. The third kappa shape index (κ3) is 4.77. The number of amides is 1. The molecule has 8 nitrogen and oxygen atoms in total. The number of hydrogen-bond donors (Lipinski definition) is 2. The van der Waals surface area contributed by atoms with Crippen LogP contribution in [0.4, 0.5) is 0 Å². The average Bonchev–Trinajstić information content (AvgIpc) is 2.70. The lowest BCUT2D eigenvalue weighted by molar-refractivity contribution is 0.0223. The maximum atomic E-state index is 12.2. The van der Waals surface area contributed by atoms with Gasteiger partial charge in [0.15, 0.2) is 0 Å². The fraction of sp³-hybridized carbons (Fsp3) is 0.158. The first-order valence-corrected chi connectivity index (χ1v) is 8.27. The van der Waals surface area contributed by atoms with Crippen molar-refractivity contribution in [3.05, 3.63) is 66.2 Å². The molecule has 0 spiro atoms. The van der Waals surface area contributed by atoms with Crippen LogP contribution >= 0.6 is 0 Å². The van der Waals surface area contributed by atoms with E-state index < -0.39 is 5.91 Å². The second kappa shape index (κ2) is 8.72. The Labute approximate surface area is 155 Å². The van der Waals surface area contributed by atoms with E-state index in [9.17, 15) is 9.90 Å². The molecular weight excluding hydrogens is 348 g/mol. The molecule has 0 aliphatic carbocycles. The Bertz CT molecular complexity index is 916. The Kier molecular flexibility index (Phi) is 5.91. The molecule has 2 N–H and O–H groups in total. The molecule has 0 radical (unpaired) electrons. The lowest BCUT2D eigenvalue weighted by Crippen LogP contribution is -2.24. The molecule has 2 heterocycles. The summed E-state index contributed by atoms with van der Waals surface area (Å²) >= 11 is 0. The monoisotopic (exact) mass is 366 g/mol. The summed E-state index contributed by atoms with van der Waals surface area (Å²) in [6.45, 7) is 2.43. The molecule has 3 rings (SSSR count). The zero-order valence-corrected chi connectivity index (χ0v) is 14.6. The summed E-state index contributed by atoms with van der Waals surface area (Å²) in [6, 6.07) is 10.2. The smallest absolute Gasteiger partial charge is 0.295 e. The summed E-state index contributed by atoms with van der Waals surface area (Å²) in [5, 5.41) is 9.68. The topological polar surface area (TPSA) is 106 Å². The maximum absolute atomic E-state index is 12.2. The number of pyridine rings is 1. The summed E-state index contributed by atoms with van der Waals surface area (Å²) in [5.74, 6) is 0.0656. The van der Waals surface area contributed by atoms with Gasteiger partial charge in [0.05, 0.1) is 24.7 Å². The molecule has 27 heavy (non-hydrogen) atoms. The van der Waals surface area contributed by atoms with E-state index in [2.05, 4.69) is 20.4 Å². The number of ether oxygens (including phenoxy) is 1. The molecule has 3 aromatic rings. The van der Waals surface area contributed by atoms with E-state index in [0.29, 0.717) is 29.3 Å². The number of carbonyl (C=O) groups excluding carboxylic acids is 1. The van der Waals surface area contributed by atoms with Gasteiger partial charge in [-0.15, -0.1) is 0 Å². The van der Waals surface area contributed by atoms with Crippen molar-refractivity contribution in [1.82, 2.24) is 20.4 Å². The largest absolute Gasteiger partial charge is 0.508 e. The van der Waals surface area contributed by atoms with Gasteiger partial charge in [-0.2, -0.15) is 0 Å². The Morgan fingerprint density at radius 3 is 2.74 bits per heavy atom. The van der Waals surface area contributed by atoms with Gasteiger partial charge >= 0.3 is 0 Å². The number of aromatic hydroxyl groups is 1. The van der Waals surface area contributed by atoms with Crippen molar-refractivity contribution < 1.29 is 19.5 Å².